The molecule has 1 aromatic rings. The largest absolute Gasteiger partial charge is 0.337 e. The molecule has 0 N–H and O–H groups in total. The van der Waals surface area contributed by atoms with Crippen LogP contribution in [-0.4, -0.2) is 33.7 Å². The van der Waals surface area contributed by atoms with Gasteiger partial charge in [0.1, 0.15) is 5.69 Å². The average Bonchev–Trinajstić information content (AvgIpc) is 2.90. The third-order valence-corrected chi connectivity index (χ3v) is 4.14. The molecule has 5 heteroatoms. The van der Waals surface area contributed by atoms with Crippen molar-refractivity contribution in [2.45, 2.75) is 46.6 Å². The van der Waals surface area contributed by atoms with Crippen molar-refractivity contribution >= 4 is 5.91 Å². The Bertz CT molecular complexity index is 533. The molecule has 0 unspecified atom stereocenters. The van der Waals surface area contributed by atoms with Crippen molar-refractivity contribution < 1.29 is 4.79 Å². The van der Waals surface area contributed by atoms with E-state index < -0.39 is 0 Å². The molecule has 0 radical (unpaired) electrons. The van der Waals surface area contributed by atoms with Crippen LogP contribution in [0.5, 0.6) is 0 Å². The fourth-order valence-electron chi connectivity index (χ4n) is 2.53. The molecule has 1 amide bonds. The maximum absolute atomic E-state index is 12.6. The molecule has 0 aliphatic carbocycles. The monoisotopic (exact) mass is 274 g/mol. The van der Waals surface area contributed by atoms with Gasteiger partial charge in [-0.25, -0.2) is 0 Å². The highest BCUT2D eigenvalue weighted by molar-refractivity contribution is 5.92. The maximum atomic E-state index is 12.6. The molecule has 1 aliphatic rings. The van der Waals surface area contributed by atoms with Crippen LogP contribution in [0.25, 0.3) is 0 Å². The summed E-state index contributed by atoms with van der Waals surface area (Å²) in [7, 11) is 0. The van der Waals surface area contributed by atoms with Crippen molar-refractivity contribution in [3.05, 3.63) is 17.5 Å². The summed E-state index contributed by atoms with van der Waals surface area (Å²) >= 11 is 0. The Balaban J connectivity index is 2.13. The van der Waals surface area contributed by atoms with Crippen molar-refractivity contribution in [2.75, 3.05) is 13.1 Å². The number of aromatic nitrogens is 2. The number of aryl methyl sites for hydroxylation is 2. The van der Waals surface area contributed by atoms with Gasteiger partial charge in [0.2, 0.25) is 0 Å². The van der Waals surface area contributed by atoms with Gasteiger partial charge in [-0.2, -0.15) is 10.4 Å². The van der Waals surface area contributed by atoms with Crippen LogP contribution in [0.2, 0.25) is 0 Å². The highest BCUT2D eigenvalue weighted by Crippen LogP contribution is 2.30. The predicted octanol–water partition coefficient (Wildman–Crippen LogP) is 2.23. The molecule has 0 saturated carbocycles. The molecule has 1 aromatic heterocycles. The second-order valence-electron chi connectivity index (χ2n) is 5.65. The van der Waals surface area contributed by atoms with Gasteiger partial charge in [-0.3, -0.25) is 9.48 Å². The Labute approximate surface area is 120 Å². The van der Waals surface area contributed by atoms with E-state index in [1.54, 1.807) is 4.68 Å². The van der Waals surface area contributed by atoms with E-state index in [9.17, 15) is 4.79 Å². The lowest BCUT2D eigenvalue weighted by Crippen LogP contribution is -2.42. The number of nitriles is 1. The van der Waals surface area contributed by atoms with Crippen molar-refractivity contribution in [3.8, 4) is 6.07 Å². The van der Waals surface area contributed by atoms with Gasteiger partial charge in [0.15, 0.2) is 0 Å². The molecule has 5 nitrogen and oxygen atoms in total. The van der Waals surface area contributed by atoms with Crippen molar-refractivity contribution in [1.82, 2.24) is 14.7 Å². The molecule has 108 valence electrons. The number of carbonyl (C=O) groups excluding carboxylic acids is 1. The molecule has 1 fully saturated rings. The van der Waals surface area contributed by atoms with Gasteiger partial charge < -0.3 is 4.90 Å². The minimum atomic E-state index is -0.281. The topological polar surface area (TPSA) is 61.9 Å². The third kappa shape index (κ3) is 2.69. The lowest BCUT2D eigenvalue weighted by Gasteiger charge is -2.34. The summed E-state index contributed by atoms with van der Waals surface area (Å²) in [5.41, 5.74) is 1.34. The molecule has 1 saturated heterocycles. The third-order valence-electron chi connectivity index (χ3n) is 4.14. The lowest BCUT2D eigenvalue weighted by atomic mass is 9.82. The van der Waals surface area contributed by atoms with Gasteiger partial charge in [-0.15, -0.1) is 0 Å². The molecular formula is C15H22N4O. The Morgan fingerprint density at radius 3 is 2.60 bits per heavy atom. The first kappa shape index (κ1) is 14.6. The Morgan fingerprint density at radius 2 is 2.10 bits per heavy atom. The number of piperidine rings is 1. The highest BCUT2D eigenvalue weighted by Gasteiger charge is 2.33. The van der Waals surface area contributed by atoms with E-state index in [-0.39, 0.29) is 11.3 Å². The summed E-state index contributed by atoms with van der Waals surface area (Å²) < 4.78 is 1.78. The summed E-state index contributed by atoms with van der Waals surface area (Å²) in [6.45, 7) is 8.01. The molecule has 20 heavy (non-hydrogen) atoms. The first-order valence-electron chi connectivity index (χ1n) is 7.30. The lowest BCUT2D eigenvalue weighted by molar-refractivity contribution is 0.0649. The van der Waals surface area contributed by atoms with Gasteiger partial charge in [0.05, 0.1) is 17.2 Å². The highest BCUT2D eigenvalue weighted by atomic mass is 16.2. The van der Waals surface area contributed by atoms with Crippen LogP contribution < -0.4 is 0 Å². The van der Waals surface area contributed by atoms with Crippen molar-refractivity contribution in [1.29, 1.82) is 5.26 Å². The van der Waals surface area contributed by atoms with E-state index in [4.69, 9.17) is 5.26 Å². The number of carbonyl (C=O) groups is 1. The van der Waals surface area contributed by atoms with Crippen LogP contribution in [-0.2, 0) is 13.0 Å². The molecule has 0 bridgehead atoms. The number of likely N-dealkylation sites (tertiary alicyclic amines) is 1. The van der Waals surface area contributed by atoms with Crippen LogP contribution >= 0.6 is 0 Å². The smallest absolute Gasteiger partial charge is 0.272 e. The first-order chi connectivity index (χ1) is 9.53. The standard InChI is InChI=1S/C15H22N4O/c1-4-12-10-13(19(5-2)17-12)14(20)18-8-6-15(3,11-16)7-9-18/h10H,4-9H2,1-3H3. The minimum absolute atomic E-state index is 0.0408. The van der Waals surface area contributed by atoms with Crippen LogP contribution in [0.15, 0.2) is 6.07 Å². The average molecular weight is 274 g/mol. The van der Waals surface area contributed by atoms with E-state index in [0.717, 1.165) is 25.0 Å². The Kier molecular flexibility index (Phi) is 4.12. The molecule has 0 aromatic carbocycles. The number of nitrogens with zero attached hydrogens (tertiary/aromatic N) is 4. The summed E-state index contributed by atoms with van der Waals surface area (Å²) in [4.78, 5) is 14.4. The predicted molar refractivity (Wildman–Crippen MR) is 76.1 cm³/mol. The Morgan fingerprint density at radius 1 is 1.45 bits per heavy atom. The van der Waals surface area contributed by atoms with Crippen LogP contribution in [0.3, 0.4) is 0 Å². The summed E-state index contributed by atoms with van der Waals surface area (Å²) in [5, 5.41) is 13.6. The van der Waals surface area contributed by atoms with Crippen molar-refractivity contribution in [2.24, 2.45) is 5.41 Å². The maximum Gasteiger partial charge on any atom is 0.272 e. The summed E-state index contributed by atoms with van der Waals surface area (Å²) in [6.07, 6.45) is 2.33. The molecule has 1 aliphatic heterocycles. The van der Waals surface area contributed by atoms with Crippen LogP contribution in [0.4, 0.5) is 0 Å². The number of rotatable bonds is 3. The molecular weight excluding hydrogens is 252 g/mol. The van der Waals surface area contributed by atoms with Gasteiger partial charge >= 0.3 is 0 Å². The molecule has 2 rings (SSSR count). The SMILES string of the molecule is CCc1cc(C(=O)N2CCC(C)(C#N)CC2)n(CC)n1. The number of hydrogen-bond acceptors (Lipinski definition) is 3. The molecule has 0 atom stereocenters. The minimum Gasteiger partial charge on any atom is -0.337 e. The van der Waals surface area contributed by atoms with Crippen LogP contribution in [0.1, 0.15) is 49.8 Å². The zero-order chi connectivity index (χ0) is 14.8. The molecule has 0 spiro atoms. The van der Waals surface area contributed by atoms with E-state index in [0.29, 0.717) is 25.3 Å². The fraction of sp³-hybridized carbons (Fsp3) is 0.667. The number of hydrogen-bond donors (Lipinski definition) is 0. The van der Waals surface area contributed by atoms with Gasteiger partial charge in [-0.1, -0.05) is 6.92 Å². The Hall–Kier alpha value is -1.83. The van der Waals surface area contributed by atoms with E-state index in [1.807, 2.05) is 31.7 Å². The second kappa shape index (κ2) is 5.66. The zero-order valence-electron chi connectivity index (χ0n) is 12.5. The van der Waals surface area contributed by atoms with E-state index >= 15 is 0 Å². The van der Waals surface area contributed by atoms with Crippen LogP contribution in [0, 0.1) is 16.7 Å². The fourth-order valence-corrected chi connectivity index (χ4v) is 2.53. The van der Waals surface area contributed by atoms with Gasteiger partial charge in [-0.05, 0) is 39.2 Å². The molecule has 2 heterocycles. The normalized spacial score (nSPS) is 17.8. The van der Waals surface area contributed by atoms with E-state index in [1.165, 1.54) is 0 Å². The summed E-state index contributed by atoms with van der Waals surface area (Å²) in [5.74, 6) is 0.0408. The van der Waals surface area contributed by atoms with Gasteiger partial charge in [0, 0.05) is 19.6 Å². The number of amides is 1. The zero-order valence-corrected chi connectivity index (χ0v) is 12.5. The van der Waals surface area contributed by atoms with Crippen molar-refractivity contribution in [3.63, 3.8) is 0 Å². The van der Waals surface area contributed by atoms with Gasteiger partial charge in [0.25, 0.3) is 5.91 Å². The second-order valence-corrected chi connectivity index (χ2v) is 5.65. The summed E-state index contributed by atoms with van der Waals surface area (Å²) in [6, 6.07) is 4.25. The van der Waals surface area contributed by atoms with E-state index in [2.05, 4.69) is 11.2 Å². The first-order valence-corrected chi connectivity index (χ1v) is 7.30. The quantitative estimate of drug-likeness (QED) is 0.849.